The number of ether oxygens (including phenoxy) is 2. The van der Waals surface area contributed by atoms with E-state index in [1.807, 2.05) is 6.92 Å². The summed E-state index contributed by atoms with van der Waals surface area (Å²) in [5.74, 6) is -0.731. The SMILES string of the molecule is CCCCCCCCOC(=O)C(CC)(CCCCCCI)C(=O)OCCCCCCCC. The molecule has 0 aromatic carbocycles. The van der Waals surface area contributed by atoms with E-state index in [4.69, 9.17) is 9.47 Å². The Bertz CT molecular complexity index is 423. The van der Waals surface area contributed by atoms with Crippen molar-refractivity contribution in [3.63, 3.8) is 0 Å². The van der Waals surface area contributed by atoms with Gasteiger partial charge in [-0.3, -0.25) is 9.59 Å². The van der Waals surface area contributed by atoms with Gasteiger partial charge in [-0.2, -0.15) is 0 Å². The minimum atomic E-state index is -1.13. The van der Waals surface area contributed by atoms with Gasteiger partial charge in [-0.25, -0.2) is 0 Å². The van der Waals surface area contributed by atoms with E-state index in [0.717, 1.165) is 49.4 Å². The van der Waals surface area contributed by atoms with Gasteiger partial charge in [0.2, 0.25) is 0 Å². The Morgan fingerprint density at radius 1 is 0.594 bits per heavy atom. The lowest BCUT2D eigenvalue weighted by Gasteiger charge is -2.28. The van der Waals surface area contributed by atoms with Gasteiger partial charge in [-0.1, -0.05) is 127 Å². The summed E-state index contributed by atoms with van der Waals surface area (Å²) in [5, 5.41) is 0. The van der Waals surface area contributed by atoms with Crippen LogP contribution in [0.3, 0.4) is 0 Å². The van der Waals surface area contributed by atoms with Crippen LogP contribution in [0.5, 0.6) is 0 Å². The van der Waals surface area contributed by atoms with Crippen molar-refractivity contribution >= 4 is 34.5 Å². The molecule has 4 nitrogen and oxygen atoms in total. The second-order valence-electron chi connectivity index (χ2n) is 9.10. The topological polar surface area (TPSA) is 52.6 Å². The third-order valence-electron chi connectivity index (χ3n) is 6.33. The molecule has 0 rings (SSSR count). The van der Waals surface area contributed by atoms with E-state index in [9.17, 15) is 9.59 Å². The van der Waals surface area contributed by atoms with E-state index in [1.54, 1.807) is 0 Å². The van der Waals surface area contributed by atoms with Gasteiger partial charge in [0.15, 0.2) is 5.41 Å². The summed E-state index contributed by atoms with van der Waals surface area (Å²) in [4.78, 5) is 26.2. The number of halogens is 1. The Hall–Kier alpha value is -0.330. The molecule has 0 amide bonds. The van der Waals surface area contributed by atoms with E-state index < -0.39 is 5.41 Å². The molecule has 0 aliphatic heterocycles. The van der Waals surface area contributed by atoms with Crippen molar-refractivity contribution in [3.8, 4) is 0 Å². The highest BCUT2D eigenvalue weighted by Crippen LogP contribution is 2.33. The molecular weight excluding hydrogens is 515 g/mol. The van der Waals surface area contributed by atoms with Crippen LogP contribution in [0.25, 0.3) is 0 Å². The van der Waals surface area contributed by atoms with Crippen LogP contribution in [-0.4, -0.2) is 29.6 Å². The van der Waals surface area contributed by atoms with Gasteiger partial charge in [0.1, 0.15) is 0 Å². The van der Waals surface area contributed by atoms with Crippen molar-refractivity contribution < 1.29 is 19.1 Å². The van der Waals surface area contributed by atoms with E-state index in [2.05, 4.69) is 36.4 Å². The van der Waals surface area contributed by atoms with Crippen molar-refractivity contribution in [2.45, 2.75) is 136 Å². The fraction of sp³-hybridized carbons (Fsp3) is 0.926. The molecule has 0 radical (unpaired) electrons. The van der Waals surface area contributed by atoms with Crippen molar-refractivity contribution in [2.24, 2.45) is 5.41 Å². The molecule has 32 heavy (non-hydrogen) atoms. The summed E-state index contributed by atoms with van der Waals surface area (Å²) in [6.07, 6.45) is 18.9. The van der Waals surface area contributed by atoms with Gasteiger partial charge in [-0.05, 0) is 36.5 Å². The van der Waals surface area contributed by atoms with E-state index >= 15 is 0 Å². The summed E-state index contributed by atoms with van der Waals surface area (Å²) in [7, 11) is 0. The molecule has 0 aromatic rings. The zero-order valence-corrected chi connectivity index (χ0v) is 23.5. The molecule has 0 aromatic heterocycles. The highest BCUT2D eigenvalue weighted by molar-refractivity contribution is 14.1. The molecular formula is C27H51IO4. The number of hydrogen-bond donors (Lipinski definition) is 0. The van der Waals surface area contributed by atoms with Crippen LogP contribution in [0.15, 0.2) is 0 Å². The first-order valence-electron chi connectivity index (χ1n) is 13.5. The van der Waals surface area contributed by atoms with Crippen molar-refractivity contribution in [3.05, 3.63) is 0 Å². The zero-order chi connectivity index (χ0) is 23.9. The number of esters is 2. The molecule has 0 aliphatic rings. The molecule has 5 heteroatoms. The maximum Gasteiger partial charge on any atom is 0.323 e. The van der Waals surface area contributed by atoms with E-state index in [0.29, 0.717) is 26.1 Å². The lowest BCUT2D eigenvalue weighted by atomic mass is 9.80. The fourth-order valence-corrected chi connectivity index (χ4v) is 4.54. The smallest absolute Gasteiger partial charge is 0.323 e. The Balaban J connectivity index is 4.67. The van der Waals surface area contributed by atoms with Crippen molar-refractivity contribution in [1.82, 2.24) is 0 Å². The highest BCUT2D eigenvalue weighted by Gasteiger charge is 2.46. The summed E-state index contributed by atoms with van der Waals surface area (Å²) in [6.45, 7) is 7.15. The Morgan fingerprint density at radius 3 is 1.44 bits per heavy atom. The van der Waals surface area contributed by atoms with Gasteiger partial charge >= 0.3 is 11.9 Å². The molecule has 0 atom stereocenters. The van der Waals surface area contributed by atoms with Gasteiger partial charge in [0.25, 0.3) is 0 Å². The number of rotatable bonds is 23. The number of carbonyl (C=O) groups is 2. The average Bonchev–Trinajstić information content (AvgIpc) is 2.80. The number of hydrogen-bond acceptors (Lipinski definition) is 4. The largest absolute Gasteiger partial charge is 0.465 e. The van der Waals surface area contributed by atoms with Crippen LogP contribution in [-0.2, 0) is 19.1 Å². The summed E-state index contributed by atoms with van der Waals surface area (Å²) in [6, 6.07) is 0. The lowest BCUT2D eigenvalue weighted by Crippen LogP contribution is -2.42. The standard InChI is InChI=1S/C27H51IO4/c1-4-7-9-11-15-19-23-31-25(29)27(6-3,21-17-13-14-18-22-28)26(30)32-24-20-16-12-10-8-5-2/h4-24H2,1-3H3. The van der Waals surface area contributed by atoms with Gasteiger partial charge in [0, 0.05) is 0 Å². The molecule has 190 valence electrons. The minimum Gasteiger partial charge on any atom is -0.465 e. The molecule has 0 saturated heterocycles. The predicted octanol–water partition coefficient (Wildman–Crippen LogP) is 8.58. The first kappa shape index (κ1) is 31.7. The van der Waals surface area contributed by atoms with Crippen LogP contribution < -0.4 is 0 Å². The van der Waals surface area contributed by atoms with Crippen LogP contribution in [0.4, 0.5) is 0 Å². The van der Waals surface area contributed by atoms with Crippen LogP contribution in [0.2, 0.25) is 0 Å². The molecule has 0 N–H and O–H groups in total. The molecule has 0 unspecified atom stereocenters. The molecule has 0 fully saturated rings. The molecule has 0 bridgehead atoms. The zero-order valence-electron chi connectivity index (χ0n) is 21.4. The van der Waals surface area contributed by atoms with Crippen LogP contribution >= 0.6 is 22.6 Å². The lowest BCUT2D eigenvalue weighted by molar-refractivity contribution is -0.174. The third kappa shape index (κ3) is 14.7. The minimum absolute atomic E-state index is 0.365. The van der Waals surface area contributed by atoms with E-state index in [-0.39, 0.29) is 11.9 Å². The fourth-order valence-electron chi connectivity index (χ4n) is 4.00. The number of unbranched alkanes of at least 4 members (excludes halogenated alkanes) is 13. The van der Waals surface area contributed by atoms with Crippen molar-refractivity contribution in [1.29, 1.82) is 0 Å². The van der Waals surface area contributed by atoms with E-state index in [1.165, 1.54) is 57.8 Å². The predicted molar refractivity (Wildman–Crippen MR) is 143 cm³/mol. The monoisotopic (exact) mass is 566 g/mol. The summed E-state index contributed by atoms with van der Waals surface area (Å²) in [5.41, 5.74) is -1.13. The van der Waals surface area contributed by atoms with Crippen LogP contribution in [0.1, 0.15) is 136 Å². The Labute approximate surface area is 212 Å². The molecule has 0 aliphatic carbocycles. The normalized spacial score (nSPS) is 11.5. The number of carbonyl (C=O) groups excluding carboxylic acids is 2. The molecule has 0 saturated carbocycles. The molecule has 0 spiro atoms. The Morgan fingerprint density at radius 2 is 1.00 bits per heavy atom. The first-order valence-corrected chi connectivity index (χ1v) is 15.0. The first-order chi connectivity index (χ1) is 15.6. The van der Waals surface area contributed by atoms with Gasteiger partial charge in [-0.15, -0.1) is 0 Å². The Kier molecular flexibility index (Phi) is 22.2. The maximum absolute atomic E-state index is 13.1. The average molecular weight is 567 g/mol. The number of alkyl halides is 1. The van der Waals surface area contributed by atoms with Crippen molar-refractivity contribution in [2.75, 3.05) is 17.6 Å². The maximum atomic E-state index is 13.1. The quantitative estimate of drug-likeness (QED) is 0.0409. The van der Waals surface area contributed by atoms with Gasteiger partial charge < -0.3 is 9.47 Å². The molecule has 0 heterocycles. The third-order valence-corrected chi connectivity index (χ3v) is 7.10. The second kappa shape index (κ2) is 22.5. The van der Waals surface area contributed by atoms with Gasteiger partial charge in [0.05, 0.1) is 13.2 Å². The summed E-state index contributed by atoms with van der Waals surface area (Å²) < 4.78 is 12.4. The van der Waals surface area contributed by atoms with Crippen LogP contribution in [0, 0.1) is 5.41 Å². The highest BCUT2D eigenvalue weighted by atomic mass is 127. The summed E-state index contributed by atoms with van der Waals surface area (Å²) >= 11 is 2.39. The second-order valence-corrected chi connectivity index (χ2v) is 10.2.